The first-order valence-electron chi connectivity index (χ1n) is 10.2. The Hall–Kier alpha value is -2.19. The van der Waals surface area contributed by atoms with Crippen LogP contribution < -0.4 is 9.64 Å². The fraction of sp³-hybridized carbons (Fsp3) is 0.524. The molecule has 0 radical (unpaired) electrons. The largest absolute Gasteiger partial charge is 0.497 e. The van der Waals surface area contributed by atoms with Crippen molar-refractivity contribution in [2.24, 2.45) is 5.92 Å². The molecule has 156 valence electrons. The van der Waals surface area contributed by atoms with Crippen LogP contribution in [0.15, 0.2) is 36.7 Å². The minimum absolute atomic E-state index is 0.144. The summed E-state index contributed by atoms with van der Waals surface area (Å²) in [7, 11) is -1.70. The highest BCUT2D eigenvalue weighted by Crippen LogP contribution is 2.36. The molecular formula is C21H28N4O3S. The average Bonchev–Trinajstić information content (AvgIpc) is 2.88. The zero-order valence-electron chi connectivity index (χ0n) is 17.0. The zero-order valence-corrected chi connectivity index (χ0v) is 17.8. The van der Waals surface area contributed by atoms with Gasteiger partial charge in [0.15, 0.2) is 0 Å². The molecule has 0 aliphatic carbocycles. The van der Waals surface area contributed by atoms with E-state index < -0.39 is 10.0 Å². The van der Waals surface area contributed by atoms with Crippen LogP contribution in [0.1, 0.15) is 30.9 Å². The summed E-state index contributed by atoms with van der Waals surface area (Å²) in [5, 5.41) is -0.326. The maximum Gasteiger partial charge on any atom is 0.225 e. The van der Waals surface area contributed by atoms with Crippen molar-refractivity contribution in [1.82, 2.24) is 14.3 Å². The van der Waals surface area contributed by atoms with Gasteiger partial charge in [-0.3, -0.25) is 0 Å². The smallest absolute Gasteiger partial charge is 0.225 e. The lowest BCUT2D eigenvalue weighted by atomic mass is 10.0. The van der Waals surface area contributed by atoms with Crippen LogP contribution in [-0.4, -0.2) is 54.7 Å². The first kappa shape index (κ1) is 20.1. The van der Waals surface area contributed by atoms with Crippen molar-refractivity contribution in [3.8, 4) is 5.75 Å². The van der Waals surface area contributed by atoms with E-state index in [2.05, 4.69) is 21.8 Å². The SMILES string of the molecule is CCc1cnc(N2CC[C@@H]3CN(Cc4cccc(OC)c4)S(=O)(=O)[C@@H]3CC2)nc1. The third-order valence-electron chi connectivity index (χ3n) is 6.04. The molecule has 2 saturated heterocycles. The monoisotopic (exact) mass is 416 g/mol. The van der Waals surface area contributed by atoms with Gasteiger partial charge in [-0.1, -0.05) is 19.1 Å². The van der Waals surface area contributed by atoms with Gasteiger partial charge in [0.05, 0.1) is 12.4 Å². The molecule has 2 atom stereocenters. The third-order valence-corrected chi connectivity index (χ3v) is 8.42. The van der Waals surface area contributed by atoms with Crippen LogP contribution in [0.2, 0.25) is 0 Å². The quantitative estimate of drug-likeness (QED) is 0.745. The number of rotatable bonds is 5. The number of aromatic nitrogens is 2. The molecule has 3 heterocycles. The predicted molar refractivity (Wildman–Crippen MR) is 112 cm³/mol. The van der Waals surface area contributed by atoms with Crippen molar-refractivity contribution in [2.75, 3.05) is 31.6 Å². The second-order valence-corrected chi connectivity index (χ2v) is 9.95. The van der Waals surface area contributed by atoms with E-state index in [1.807, 2.05) is 36.7 Å². The highest BCUT2D eigenvalue weighted by molar-refractivity contribution is 7.90. The van der Waals surface area contributed by atoms with Gasteiger partial charge in [0.2, 0.25) is 16.0 Å². The van der Waals surface area contributed by atoms with Gasteiger partial charge in [-0.05, 0) is 48.4 Å². The summed E-state index contributed by atoms with van der Waals surface area (Å²) in [4.78, 5) is 11.1. The van der Waals surface area contributed by atoms with E-state index >= 15 is 0 Å². The number of sulfonamides is 1. The van der Waals surface area contributed by atoms with E-state index in [1.165, 1.54) is 0 Å². The number of anilines is 1. The molecule has 8 heteroatoms. The maximum absolute atomic E-state index is 13.2. The lowest BCUT2D eigenvalue weighted by Gasteiger charge is -2.22. The number of aryl methyl sites for hydroxylation is 1. The summed E-state index contributed by atoms with van der Waals surface area (Å²) >= 11 is 0. The van der Waals surface area contributed by atoms with Crippen molar-refractivity contribution in [3.63, 3.8) is 0 Å². The fourth-order valence-corrected chi connectivity index (χ4v) is 6.54. The van der Waals surface area contributed by atoms with E-state index in [0.29, 0.717) is 32.0 Å². The van der Waals surface area contributed by atoms with Crippen LogP contribution in [0, 0.1) is 5.92 Å². The van der Waals surface area contributed by atoms with Gasteiger partial charge in [0.1, 0.15) is 5.75 Å². The molecule has 1 aromatic heterocycles. The molecule has 2 aliphatic heterocycles. The second kappa shape index (κ2) is 8.28. The van der Waals surface area contributed by atoms with Crippen molar-refractivity contribution >= 4 is 16.0 Å². The zero-order chi connectivity index (χ0) is 20.4. The van der Waals surface area contributed by atoms with E-state index in [0.717, 1.165) is 36.3 Å². The molecule has 0 spiro atoms. The summed E-state index contributed by atoms with van der Waals surface area (Å²) in [6.07, 6.45) is 6.07. The van der Waals surface area contributed by atoms with Gasteiger partial charge >= 0.3 is 0 Å². The number of ether oxygens (including phenoxy) is 1. The second-order valence-electron chi connectivity index (χ2n) is 7.80. The van der Waals surface area contributed by atoms with Crippen LogP contribution >= 0.6 is 0 Å². The van der Waals surface area contributed by atoms with Crippen molar-refractivity contribution in [1.29, 1.82) is 0 Å². The van der Waals surface area contributed by atoms with Gasteiger partial charge in [-0.2, -0.15) is 4.31 Å². The molecule has 2 fully saturated rings. The van der Waals surface area contributed by atoms with Crippen LogP contribution in [0.5, 0.6) is 5.75 Å². The van der Waals surface area contributed by atoms with E-state index in [-0.39, 0.29) is 11.2 Å². The summed E-state index contributed by atoms with van der Waals surface area (Å²) in [5.41, 5.74) is 2.06. The number of methoxy groups -OCH3 is 1. The Kier molecular flexibility index (Phi) is 5.74. The van der Waals surface area contributed by atoms with E-state index in [1.54, 1.807) is 11.4 Å². The number of benzene rings is 1. The molecule has 0 saturated carbocycles. The van der Waals surface area contributed by atoms with Crippen LogP contribution in [-0.2, 0) is 23.0 Å². The van der Waals surface area contributed by atoms with Gasteiger partial charge in [-0.15, -0.1) is 0 Å². The Bertz CT molecular complexity index is 949. The number of hydrogen-bond acceptors (Lipinski definition) is 6. The van der Waals surface area contributed by atoms with E-state index in [4.69, 9.17) is 4.74 Å². The fourth-order valence-electron chi connectivity index (χ4n) is 4.32. The minimum atomic E-state index is -3.32. The molecule has 29 heavy (non-hydrogen) atoms. The minimum Gasteiger partial charge on any atom is -0.497 e. The molecule has 1 aromatic carbocycles. The van der Waals surface area contributed by atoms with Crippen molar-refractivity contribution in [3.05, 3.63) is 47.8 Å². The van der Waals surface area contributed by atoms with Crippen LogP contribution in [0.3, 0.4) is 0 Å². The number of hydrogen-bond donors (Lipinski definition) is 0. The Morgan fingerprint density at radius 1 is 1.14 bits per heavy atom. The van der Waals surface area contributed by atoms with Gasteiger partial charge in [0, 0.05) is 38.6 Å². The standard InChI is InChI=1S/C21H28N4O3S/c1-3-16-12-22-21(23-13-16)24-9-7-18-15-25(29(26,27)20(18)8-10-24)14-17-5-4-6-19(11-17)28-2/h4-6,11-13,18,20H,3,7-10,14-15H2,1-2H3/t18-,20-/m1/s1. The number of nitrogens with zero attached hydrogens (tertiary/aromatic N) is 4. The predicted octanol–water partition coefficient (Wildman–Crippen LogP) is 2.48. The first-order valence-corrected chi connectivity index (χ1v) is 11.7. The summed E-state index contributed by atoms with van der Waals surface area (Å²) < 4.78 is 33.3. The van der Waals surface area contributed by atoms with Crippen molar-refractivity contribution in [2.45, 2.75) is 38.0 Å². The lowest BCUT2D eigenvalue weighted by molar-refractivity contribution is 0.379. The normalized spacial score (nSPS) is 24.1. The Morgan fingerprint density at radius 3 is 2.62 bits per heavy atom. The third kappa shape index (κ3) is 4.09. The average molecular weight is 417 g/mol. The lowest BCUT2D eigenvalue weighted by Crippen LogP contribution is -2.32. The molecule has 2 aromatic rings. The topological polar surface area (TPSA) is 75.6 Å². The Labute approximate surface area is 172 Å². The van der Waals surface area contributed by atoms with E-state index in [9.17, 15) is 8.42 Å². The van der Waals surface area contributed by atoms with Gasteiger partial charge in [-0.25, -0.2) is 18.4 Å². The molecule has 0 amide bonds. The molecule has 0 bridgehead atoms. The molecule has 7 nitrogen and oxygen atoms in total. The highest BCUT2D eigenvalue weighted by atomic mass is 32.2. The van der Waals surface area contributed by atoms with Crippen molar-refractivity contribution < 1.29 is 13.2 Å². The first-order chi connectivity index (χ1) is 14.0. The van der Waals surface area contributed by atoms with Gasteiger partial charge < -0.3 is 9.64 Å². The Morgan fingerprint density at radius 2 is 1.90 bits per heavy atom. The summed E-state index contributed by atoms with van der Waals surface area (Å²) in [6.45, 7) is 4.51. The summed E-state index contributed by atoms with van der Waals surface area (Å²) in [6, 6.07) is 7.63. The molecular weight excluding hydrogens is 388 g/mol. The molecule has 2 aliphatic rings. The van der Waals surface area contributed by atoms with Gasteiger partial charge in [0.25, 0.3) is 0 Å². The van der Waals surface area contributed by atoms with Crippen LogP contribution in [0.4, 0.5) is 5.95 Å². The maximum atomic E-state index is 13.2. The summed E-state index contributed by atoms with van der Waals surface area (Å²) in [5.74, 6) is 1.59. The molecule has 0 unspecified atom stereocenters. The number of fused-ring (bicyclic) bond motifs is 1. The molecule has 0 N–H and O–H groups in total. The highest BCUT2D eigenvalue weighted by Gasteiger charge is 2.46. The molecule has 4 rings (SSSR count). The van der Waals surface area contributed by atoms with Crippen LogP contribution in [0.25, 0.3) is 0 Å². The Balaban J connectivity index is 1.46.